The van der Waals surface area contributed by atoms with E-state index in [9.17, 15) is 5.11 Å². The highest BCUT2D eigenvalue weighted by Crippen LogP contribution is 2.30. The summed E-state index contributed by atoms with van der Waals surface area (Å²) in [5, 5.41) is 11.7. The van der Waals surface area contributed by atoms with E-state index in [1.807, 2.05) is 42.0 Å². The van der Waals surface area contributed by atoms with Crippen LogP contribution in [0.1, 0.15) is 23.4 Å². The number of anilines is 1. The molecule has 7 heteroatoms. The second-order valence-electron chi connectivity index (χ2n) is 7.17. The zero-order chi connectivity index (χ0) is 20.0. The molecule has 0 spiro atoms. The molecule has 4 heterocycles. The molecule has 5 rings (SSSR count). The van der Waals surface area contributed by atoms with E-state index in [-0.39, 0.29) is 0 Å². The number of hydrogen-bond acceptors (Lipinski definition) is 6. The van der Waals surface area contributed by atoms with Crippen molar-refractivity contribution >= 4 is 16.7 Å². The minimum atomic E-state index is -1.23. The third-order valence-corrected chi connectivity index (χ3v) is 5.19. The topological polar surface area (TPSA) is 103 Å². The van der Waals surface area contributed by atoms with Crippen LogP contribution in [0.15, 0.2) is 49.1 Å². The molecule has 0 radical (unpaired) electrons. The molecule has 0 amide bonds. The number of imidazole rings is 1. The van der Waals surface area contributed by atoms with Gasteiger partial charge in [0.05, 0.1) is 0 Å². The molecule has 7 nitrogen and oxygen atoms in total. The lowest BCUT2D eigenvalue weighted by Crippen LogP contribution is -2.20. The summed E-state index contributed by atoms with van der Waals surface area (Å²) in [6, 6.07) is 7.61. The second-order valence-corrected chi connectivity index (χ2v) is 7.17. The summed E-state index contributed by atoms with van der Waals surface area (Å²) >= 11 is 0. The molecule has 0 aliphatic carbocycles. The molecule has 3 aromatic heterocycles. The van der Waals surface area contributed by atoms with Crippen LogP contribution < -0.4 is 5.73 Å². The Hall–Kier alpha value is -3.76. The lowest BCUT2D eigenvalue weighted by Gasteiger charge is -2.12. The maximum Gasteiger partial charge on any atom is 0.185 e. The zero-order valence-electron chi connectivity index (χ0n) is 15.8. The van der Waals surface area contributed by atoms with Gasteiger partial charge < -0.3 is 15.4 Å². The number of nitrogens with zero attached hydrogens (tertiary/aromatic N) is 5. The van der Waals surface area contributed by atoms with E-state index in [4.69, 9.17) is 5.73 Å². The molecule has 0 bridgehead atoms. The Bertz CT molecular complexity index is 1320. The van der Waals surface area contributed by atoms with Crippen molar-refractivity contribution in [3.05, 3.63) is 66.0 Å². The number of rotatable bonds is 1. The SMILES string of the molecule is Cc1cnc(N)c2nc(-c3cccc(C#CC4(O)CCn5ccnc54)c3)ncc12. The smallest absolute Gasteiger partial charge is 0.185 e. The number of pyridine rings is 1. The Morgan fingerprint density at radius 3 is 3.00 bits per heavy atom. The van der Waals surface area contributed by atoms with Crippen LogP contribution in [-0.4, -0.2) is 29.6 Å². The Labute approximate surface area is 167 Å². The first kappa shape index (κ1) is 17.3. The number of benzene rings is 1. The van der Waals surface area contributed by atoms with E-state index in [2.05, 4.69) is 31.8 Å². The number of aromatic nitrogens is 5. The molecule has 1 atom stereocenters. The number of nitrogens with two attached hydrogens (primary N) is 1. The van der Waals surface area contributed by atoms with Crippen LogP contribution in [0.5, 0.6) is 0 Å². The molecule has 29 heavy (non-hydrogen) atoms. The van der Waals surface area contributed by atoms with Gasteiger partial charge in [-0.2, -0.15) is 0 Å². The first-order valence-electron chi connectivity index (χ1n) is 9.29. The average Bonchev–Trinajstić information content (AvgIpc) is 3.34. The van der Waals surface area contributed by atoms with Gasteiger partial charge in [0.15, 0.2) is 17.2 Å². The molecule has 3 N–H and O–H groups in total. The van der Waals surface area contributed by atoms with Gasteiger partial charge in [-0.1, -0.05) is 24.0 Å². The molecule has 1 aliphatic heterocycles. The Kier molecular flexibility index (Phi) is 3.83. The first-order chi connectivity index (χ1) is 14.0. The van der Waals surface area contributed by atoms with Crippen LogP contribution in [0.4, 0.5) is 5.82 Å². The number of fused-ring (bicyclic) bond motifs is 2. The minimum absolute atomic E-state index is 0.379. The van der Waals surface area contributed by atoms with Gasteiger partial charge in [0, 0.05) is 54.3 Å². The van der Waals surface area contributed by atoms with Crippen molar-refractivity contribution in [2.75, 3.05) is 5.73 Å². The zero-order valence-corrected chi connectivity index (χ0v) is 15.8. The van der Waals surface area contributed by atoms with E-state index in [1.165, 1.54) is 0 Å². The highest BCUT2D eigenvalue weighted by molar-refractivity contribution is 5.90. The van der Waals surface area contributed by atoms with Crippen LogP contribution in [0.2, 0.25) is 0 Å². The molecule has 142 valence electrons. The molecular weight excluding hydrogens is 364 g/mol. The molecule has 4 aromatic rings. The summed E-state index contributed by atoms with van der Waals surface area (Å²) in [4.78, 5) is 17.5. The van der Waals surface area contributed by atoms with E-state index in [0.29, 0.717) is 35.9 Å². The van der Waals surface area contributed by atoms with Crippen molar-refractivity contribution in [1.82, 2.24) is 24.5 Å². The molecular formula is C22H18N6O. The summed E-state index contributed by atoms with van der Waals surface area (Å²) in [5.74, 6) is 7.60. The van der Waals surface area contributed by atoms with E-state index < -0.39 is 5.60 Å². The van der Waals surface area contributed by atoms with E-state index in [0.717, 1.165) is 22.1 Å². The summed E-state index contributed by atoms with van der Waals surface area (Å²) in [6.45, 7) is 2.66. The van der Waals surface area contributed by atoms with Crippen molar-refractivity contribution in [2.24, 2.45) is 0 Å². The van der Waals surface area contributed by atoms with E-state index >= 15 is 0 Å². The van der Waals surface area contributed by atoms with Crippen LogP contribution >= 0.6 is 0 Å². The monoisotopic (exact) mass is 382 g/mol. The van der Waals surface area contributed by atoms with Crippen molar-refractivity contribution in [2.45, 2.75) is 25.5 Å². The van der Waals surface area contributed by atoms with Crippen LogP contribution in [-0.2, 0) is 12.1 Å². The standard InChI is InChI=1S/C22H18N6O/c1-14-12-25-19(23)18-17(14)13-26-20(27-18)16-4-2-3-15(11-16)5-6-22(29)7-9-28-10-8-24-21(22)28/h2-4,8,10-13,29H,7,9H2,1H3,(H2,23,25). The summed E-state index contributed by atoms with van der Waals surface area (Å²) < 4.78 is 1.93. The fraction of sp³-hybridized carbons (Fsp3) is 0.182. The highest BCUT2D eigenvalue weighted by atomic mass is 16.3. The fourth-order valence-electron chi connectivity index (χ4n) is 3.58. The average molecular weight is 382 g/mol. The minimum Gasteiger partial charge on any atom is -0.382 e. The number of aryl methyl sites for hydroxylation is 2. The molecule has 0 fully saturated rings. The Balaban J connectivity index is 1.52. The second kappa shape index (κ2) is 6.40. The van der Waals surface area contributed by atoms with Gasteiger partial charge in [-0.25, -0.2) is 19.9 Å². The van der Waals surface area contributed by atoms with Gasteiger partial charge in [-0.3, -0.25) is 0 Å². The maximum absolute atomic E-state index is 10.9. The quantitative estimate of drug-likeness (QED) is 0.490. The van der Waals surface area contributed by atoms with Crippen LogP contribution in [0.3, 0.4) is 0 Å². The van der Waals surface area contributed by atoms with Gasteiger partial charge in [0.1, 0.15) is 11.3 Å². The summed E-state index contributed by atoms with van der Waals surface area (Å²) in [7, 11) is 0. The Morgan fingerprint density at radius 1 is 1.21 bits per heavy atom. The largest absolute Gasteiger partial charge is 0.382 e. The van der Waals surface area contributed by atoms with Crippen molar-refractivity contribution in [3.8, 4) is 23.2 Å². The number of hydrogen-bond donors (Lipinski definition) is 2. The Morgan fingerprint density at radius 2 is 2.10 bits per heavy atom. The van der Waals surface area contributed by atoms with E-state index in [1.54, 1.807) is 18.6 Å². The van der Waals surface area contributed by atoms with Gasteiger partial charge >= 0.3 is 0 Å². The highest BCUT2D eigenvalue weighted by Gasteiger charge is 2.36. The molecule has 1 aliphatic rings. The van der Waals surface area contributed by atoms with Crippen molar-refractivity contribution in [3.63, 3.8) is 0 Å². The third kappa shape index (κ3) is 2.91. The third-order valence-electron chi connectivity index (χ3n) is 5.19. The molecule has 0 saturated carbocycles. The molecule has 0 saturated heterocycles. The van der Waals surface area contributed by atoms with Crippen molar-refractivity contribution in [1.29, 1.82) is 0 Å². The fourth-order valence-corrected chi connectivity index (χ4v) is 3.58. The maximum atomic E-state index is 10.9. The van der Waals surface area contributed by atoms with Gasteiger partial charge in [0.2, 0.25) is 0 Å². The van der Waals surface area contributed by atoms with Crippen molar-refractivity contribution < 1.29 is 5.11 Å². The molecule has 1 unspecified atom stereocenters. The molecule has 1 aromatic carbocycles. The van der Waals surface area contributed by atoms with Gasteiger partial charge in [-0.05, 0) is 24.6 Å². The predicted molar refractivity (Wildman–Crippen MR) is 110 cm³/mol. The lowest BCUT2D eigenvalue weighted by atomic mass is 10.0. The number of nitrogen functional groups attached to an aromatic ring is 1. The van der Waals surface area contributed by atoms with Gasteiger partial charge in [-0.15, -0.1) is 0 Å². The number of aliphatic hydroxyl groups is 1. The lowest BCUT2D eigenvalue weighted by molar-refractivity contribution is 0.0980. The van der Waals surface area contributed by atoms with Crippen LogP contribution in [0, 0.1) is 18.8 Å². The summed E-state index contributed by atoms with van der Waals surface area (Å²) in [5.41, 5.74) is 7.98. The first-order valence-corrected chi connectivity index (χ1v) is 9.29. The normalized spacial score (nSPS) is 17.7. The van der Waals surface area contributed by atoms with Crippen LogP contribution in [0.25, 0.3) is 22.3 Å². The summed E-state index contributed by atoms with van der Waals surface area (Å²) in [6.07, 6.45) is 7.55. The van der Waals surface area contributed by atoms with Gasteiger partial charge in [0.25, 0.3) is 0 Å². The predicted octanol–water partition coefficient (Wildman–Crippen LogP) is 2.42.